The highest BCUT2D eigenvalue weighted by atomic mass is 35.5. The van der Waals surface area contributed by atoms with Crippen molar-refractivity contribution < 1.29 is 28.9 Å². The summed E-state index contributed by atoms with van der Waals surface area (Å²) in [7, 11) is 1.51. The Labute approximate surface area is 193 Å². The van der Waals surface area contributed by atoms with Crippen LogP contribution in [0.2, 0.25) is 5.02 Å². The van der Waals surface area contributed by atoms with Gasteiger partial charge in [-0.1, -0.05) is 41.6 Å². The number of thiocarbonyl (C=S) groups is 1. The van der Waals surface area contributed by atoms with Crippen molar-refractivity contribution in [1.82, 2.24) is 0 Å². The van der Waals surface area contributed by atoms with Crippen LogP contribution in [0.5, 0.6) is 17.2 Å². The van der Waals surface area contributed by atoms with Gasteiger partial charge in [0.1, 0.15) is 5.75 Å². The number of thioether (sulfide) groups is 1. The molecule has 0 bridgehead atoms. The Morgan fingerprint density at radius 2 is 1.94 bits per heavy atom. The Kier molecular flexibility index (Phi) is 7.42. The first kappa shape index (κ1) is 22.9. The van der Waals surface area contributed by atoms with E-state index in [2.05, 4.69) is 0 Å². The molecule has 1 amide bonds. The van der Waals surface area contributed by atoms with Crippen LogP contribution in [-0.4, -0.2) is 41.6 Å². The van der Waals surface area contributed by atoms with Crippen LogP contribution in [0.4, 0.5) is 5.69 Å². The Bertz CT molecular complexity index is 1070. The minimum Gasteiger partial charge on any atom is -0.495 e. The summed E-state index contributed by atoms with van der Waals surface area (Å²) in [6.45, 7) is 1.69. The lowest BCUT2D eigenvalue weighted by molar-refractivity contribution is -0.139. The molecule has 3 rings (SSSR count). The third kappa shape index (κ3) is 5.30. The Balaban J connectivity index is 1.87. The van der Waals surface area contributed by atoms with Crippen LogP contribution in [0.25, 0.3) is 6.08 Å². The van der Waals surface area contributed by atoms with E-state index in [1.807, 2.05) is 0 Å². The second kappa shape index (κ2) is 10.0. The molecule has 1 N–H and O–H groups in total. The summed E-state index contributed by atoms with van der Waals surface area (Å²) in [6.07, 6.45) is 1.69. The Morgan fingerprint density at radius 1 is 1.19 bits per heavy atom. The van der Waals surface area contributed by atoms with Gasteiger partial charge in [-0.15, -0.1) is 0 Å². The second-order valence-electron chi connectivity index (χ2n) is 6.16. The molecule has 1 heterocycles. The van der Waals surface area contributed by atoms with E-state index >= 15 is 0 Å². The van der Waals surface area contributed by atoms with Crippen LogP contribution in [0, 0.1) is 0 Å². The first-order valence-corrected chi connectivity index (χ1v) is 10.7. The molecule has 1 aliphatic rings. The maximum absolute atomic E-state index is 13.0. The number of rotatable bonds is 8. The van der Waals surface area contributed by atoms with E-state index < -0.39 is 12.6 Å². The fourth-order valence-corrected chi connectivity index (χ4v) is 4.33. The molecule has 1 saturated heterocycles. The number of hydrogen-bond donors (Lipinski definition) is 1. The summed E-state index contributed by atoms with van der Waals surface area (Å²) in [5.41, 5.74) is 1.23. The topological polar surface area (TPSA) is 85.3 Å². The molecule has 2 aromatic rings. The summed E-state index contributed by atoms with van der Waals surface area (Å²) in [5.74, 6) is -0.175. The van der Waals surface area contributed by atoms with Gasteiger partial charge in [-0.25, -0.2) is 4.79 Å². The number of anilines is 1. The van der Waals surface area contributed by atoms with E-state index in [1.165, 1.54) is 23.8 Å². The molecule has 7 nitrogen and oxygen atoms in total. The van der Waals surface area contributed by atoms with Crippen molar-refractivity contribution in [2.24, 2.45) is 0 Å². The van der Waals surface area contributed by atoms with Crippen molar-refractivity contribution in [2.75, 3.05) is 25.2 Å². The minimum atomic E-state index is -1.09. The summed E-state index contributed by atoms with van der Waals surface area (Å²) < 4.78 is 16.3. The SMILES string of the molecule is CCOc1cc(/C=C2/SC(=S)N(c3ccc(OC)c(Cl)c3)C2=O)ccc1OCC(=O)O. The molecule has 31 heavy (non-hydrogen) atoms. The molecular formula is C21H18ClNO6S2. The number of nitrogens with zero attached hydrogens (tertiary/aromatic N) is 1. The number of carboxylic acid groups (broad SMARTS) is 1. The lowest BCUT2D eigenvalue weighted by Crippen LogP contribution is -2.27. The number of carbonyl (C=O) groups excluding carboxylic acids is 1. The second-order valence-corrected chi connectivity index (χ2v) is 8.24. The molecule has 0 aromatic heterocycles. The third-order valence-electron chi connectivity index (χ3n) is 4.10. The molecule has 0 spiro atoms. The van der Waals surface area contributed by atoms with E-state index in [-0.39, 0.29) is 5.91 Å². The number of carboxylic acids is 1. The number of aliphatic carboxylic acids is 1. The van der Waals surface area contributed by atoms with Crippen LogP contribution in [0.15, 0.2) is 41.3 Å². The normalized spacial score (nSPS) is 14.8. The fourth-order valence-electron chi connectivity index (χ4n) is 2.78. The number of methoxy groups -OCH3 is 1. The smallest absolute Gasteiger partial charge is 0.341 e. The fraction of sp³-hybridized carbons (Fsp3) is 0.190. The van der Waals surface area contributed by atoms with Crippen LogP contribution < -0.4 is 19.1 Å². The molecule has 0 unspecified atom stereocenters. The molecule has 162 valence electrons. The van der Waals surface area contributed by atoms with Gasteiger partial charge in [0.15, 0.2) is 22.4 Å². The average Bonchev–Trinajstić information content (AvgIpc) is 3.00. The maximum Gasteiger partial charge on any atom is 0.341 e. The highest BCUT2D eigenvalue weighted by Crippen LogP contribution is 2.39. The zero-order chi connectivity index (χ0) is 22.5. The third-order valence-corrected chi connectivity index (χ3v) is 5.70. The number of carbonyl (C=O) groups is 2. The van der Waals surface area contributed by atoms with Gasteiger partial charge >= 0.3 is 5.97 Å². The number of ether oxygens (including phenoxy) is 3. The summed E-state index contributed by atoms with van der Waals surface area (Å²) >= 11 is 12.8. The Morgan fingerprint density at radius 3 is 2.58 bits per heavy atom. The first-order chi connectivity index (χ1) is 14.8. The summed E-state index contributed by atoms with van der Waals surface area (Å²) in [6, 6.07) is 9.98. The van der Waals surface area contributed by atoms with Crippen molar-refractivity contribution in [3.8, 4) is 17.2 Å². The molecule has 10 heteroatoms. The molecule has 0 radical (unpaired) electrons. The van der Waals surface area contributed by atoms with Gasteiger partial charge in [0.25, 0.3) is 5.91 Å². The zero-order valence-corrected chi connectivity index (χ0v) is 19.0. The van der Waals surface area contributed by atoms with Gasteiger partial charge in [-0.2, -0.15) is 0 Å². The van der Waals surface area contributed by atoms with Gasteiger partial charge in [0.05, 0.1) is 29.3 Å². The van der Waals surface area contributed by atoms with Gasteiger partial charge in [-0.05, 0) is 48.9 Å². The van der Waals surface area contributed by atoms with Crippen molar-refractivity contribution in [3.63, 3.8) is 0 Å². The van der Waals surface area contributed by atoms with Crippen molar-refractivity contribution >= 4 is 63.5 Å². The maximum atomic E-state index is 13.0. The number of amides is 1. The molecule has 1 fully saturated rings. The van der Waals surface area contributed by atoms with E-state index in [0.29, 0.717) is 49.4 Å². The number of halogens is 1. The lowest BCUT2D eigenvalue weighted by atomic mass is 10.1. The molecule has 1 aliphatic heterocycles. The summed E-state index contributed by atoms with van der Waals surface area (Å²) in [5, 5.41) is 9.18. The number of hydrogen-bond acceptors (Lipinski definition) is 7. The van der Waals surface area contributed by atoms with E-state index in [1.54, 1.807) is 49.4 Å². The minimum absolute atomic E-state index is 0.277. The van der Waals surface area contributed by atoms with E-state index in [9.17, 15) is 9.59 Å². The predicted molar refractivity (Wildman–Crippen MR) is 124 cm³/mol. The molecular weight excluding hydrogens is 462 g/mol. The van der Waals surface area contributed by atoms with Crippen LogP contribution in [-0.2, 0) is 9.59 Å². The highest BCUT2D eigenvalue weighted by molar-refractivity contribution is 8.27. The van der Waals surface area contributed by atoms with Gasteiger partial charge < -0.3 is 19.3 Å². The van der Waals surface area contributed by atoms with Crippen LogP contribution >= 0.6 is 35.6 Å². The molecule has 0 aliphatic carbocycles. The summed E-state index contributed by atoms with van der Waals surface area (Å²) in [4.78, 5) is 25.6. The van der Waals surface area contributed by atoms with Crippen molar-refractivity contribution in [3.05, 3.63) is 51.9 Å². The zero-order valence-electron chi connectivity index (χ0n) is 16.6. The van der Waals surface area contributed by atoms with Crippen molar-refractivity contribution in [2.45, 2.75) is 6.92 Å². The van der Waals surface area contributed by atoms with E-state index in [0.717, 1.165) is 0 Å². The molecule has 0 atom stereocenters. The average molecular weight is 480 g/mol. The molecule has 0 saturated carbocycles. The predicted octanol–water partition coefficient (Wildman–Crippen LogP) is 4.62. The Hall–Kier alpha value is -2.75. The van der Waals surface area contributed by atoms with Gasteiger partial charge in [-0.3, -0.25) is 9.69 Å². The van der Waals surface area contributed by atoms with Crippen LogP contribution in [0.1, 0.15) is 12.5 Å². The van der Waals surface area contributed by atoms with Gasteiger partial charge in [0.2, 0.25) is 0 Å². The monoisotopic (exact) mass is 479 g/mol. The standard InChI is InChI=1S/C21H18ClNO6S2/c1-3-28-17-8-12(4-6-16(17)29-11-19(24)25)9-18-20(26)23(21(30)31-18)13-5-7-15(27-2)14(22)10-13/h4-10H,3,11H2,1-2H3,(H,24,25)/b18-9+. The number of benzene rings is 2. The lowest BCUT2D eigenvalue weighted by Gasteiger charge is -2.15. The highest BCUT2D eigenvalue weighted by Gasteiger charge is 2.33. The molecule has 2 aromatic carbocycles. The van der Waals surface area contributed by atoms with E-state index in [4.69, 9.17) is 43.1 Å². The van der Waals surface area contributed by atoms with Crippen LogP contribution in [0.3, 0.4) is 0 Å². The largest absolute Gasteiger partial charge is 0.495 e. The quantitative estimate of drug-likeness (QED) is 0.433. The first-order valence-electron chi connectivity index (χ1n) is 9.07. The van der Waals surface area contributed by atoms with Gasteiger partial charge in [0, 0.05) is 0 Å². The van der Waals surface area contributed by atoms with Crippen molar-refractivity contribution in [1.29, 1.82) is 0 Å².